The summed E-state index contributed by atoms with van der Waals surface area (Å²) in [5.74, 6) is 0.0830. The first-order valence-corrected chi connectivity index (χ1v) is 8.63. The van der Waals surface area contributed by atoms with Gasteiger partial charge in [-0.1, -0.05) is 35.0 Å². The molecular formula is C17H25BrN2O2. The quantitative estimate of drug-likeness (QED) is 0.810. The zero-order valence-corrected chi connectivity index (χ0v) is 14.9. The molecule has 1 unspecified atom stereocenters. The highest BCUT2D eigenvalue weighted by atomic mass is 79.9. The van der Waals surface area contributed by atoms with Crippen molar-refractivity contribution in [1.29, 1.82) is 0 Å². The topological polar surface area (TPSA) is 50.4 Å². The van der Waals surface area contributed by atoms with E-state index < -0.39 is 0 Å². The molecule has 1 saturated heterocycles. The molecule has 0 saturated carbocycles. The Morgan fingerprint density at radius 2 is 2.14 bits per heavy atom. The number of hydrogen-bond donors (Lipinski definition) is 2. The number of amides is 1. The fraction of sp³-hybridized carbons (Fsp3) is 0.588. The largest absolute Gasteiger partial charge is 0.381 e. The minimum absolute atomic E-state index is 0.0237. The summed E-state index contributed by atoms with van der Waals surface area (Å²) in [6.07, 6.45) is 1.87. The summed E-state index contributed by atoms with van der Waals surface area (Å²) >= 11 is 3.55. The maximum Gasteiger partial charge on any atom is 0.224 e. The van der Waals surface area contributed by atoms with Crippen LogP contribution in [0.4, 0.5) is 0 Å². The van der Waals surface area contributed by atoms with E-state index in [0.29, 0.717) is 13.1 Å². The fourth-order valence-corrected chi connectivity index (χ4v) is 3.38. The summed E-state index contributed by atoms with van der Waals surface area (Å²) in [4.78, 5) is 12.2. The van der Waals surface area contributed by atoms with Crippen LogP contribution in [-0.4, -0.2) is 39.3 Å². The monoisotopic (exact) mass is 368 g/mol. The molecule has 0 radical (unpaired) electrons. The van der Waals surface area contributed by atoms with Crippen molar-refractivity contribution in [2.45, 2.75) is 25.2 Å². The standard InChI is InChI=1S/C17H25BrN2O2/c1-13(11-19-2)16(21)20-12-17(6-8-22-9-7-17)14-4-3-5-15(18)10-14/h3-5,10,13,19H,6-9,11-12H2,1-2H3,(H,20,21). The van der Waals surface area contributed by atoms with Gasteiger partial charge in [0.1, 0.15) is 0 Å². The molecular weight excluding hydrogens is 344 g/mol. The van der Waals surface area contributed by atoms with Gasteiger partial charge < -0.3 is 15.4 Å². The highest BCUT2D eigenvalue weighted by Crippen LogP contribution is 2.35. The molecule has 1 heterocycles. The number of carbonyl (C=O) groups is 1. The van der Waals surface area contributed by atoms with Gasteiger partial charge in [-0.3, -0.25) is 4.79 Å². The first-order chi connectivity index (χ1) is 10.6. The van der Waals surface area contributed by atoms with Crippen LogP contribution in [0.1, 0.15) is 25.3 Å². The Labute approximate surface area is 141 Å². The molecule has 1 aliphatic rings. The molecule has 4 nitrogen and oxygen atoms in total. The van der Waals surface area contributed by atoms with Crippen LogP contribution < -0.4 is 10.6 Å². The summed E-state index contributed by atoms with van der Waals surface area (Å²) in [6, 6.07) is 8.40. The van der Waals surface area contributed by atoms with Crippen molar-refractivity contribution in [3.63, 3.8) is 0 Å². The number of rotatable bonds is 6. The van der Waals surface area contributed by atoms with Gasteiger partial charge in [-0.15, -0.1) is 0 Å². The van der Waals surface area contributed by atoms with Crippen LogP contribution >= 0.6 is 15.9 Å². The predicted molar refractivity (Wildman–Crippen MR) is 92.0 cm³/mol. The minimum Gasteiger partial charge on any atom is -0.381 e. The van der Waals surface area contributed by atoms with Crippen molar-refractivity contribution in [3.05, 3.63) is 34.3 Å². The molecule has 0 aromatic heterocycles. The van der Waals surface area contributed by atoms with E-state index in [2.05, 4.69) is 44.8 Å². The fourth-order valence-electron chi connectivity index (χ4n) is 2.98. The zero-order valence-electron chi connectivity index (χ0n) is 13.3. The molecule has 2 rings (SSSR count). The maximum absolute atomic E-state index is 12.2. The van der Waals surface area contributed by atoms with Crippen LogP contribution in [-0.2, 0) is 14.9 Å². The highest BCUT2D eigenvalue weighted by molar-refractivity contribution is 9.10. The SMILES string of the molecule is CNCC(C)C(=O)NCC1(c2cccc(Br)c2)CCOCC1. The summed E-state index contributed by atoms with van der Waals surface area (Å²) in [6.45, 7) is 4.79. The van der Waals surface area contributed by atoms with Gasteiger partial charge in [0.25, 0.3) is 0 Å². The predicted octanol–water partition coefficient (Wildman–Crippen LogP) is 2.47. The van der Waals surface area contributed by atoms with Gasteiger partial charge in [-0.2, -0.15) is 0 Å². The Hall–Kier alpha value is -0.910. The summed E-state index contributed by atoms with van der Waals surface area (Å²) in [7, 11) is 1.87. The number of hydrogen-bond acceptors (Lipinski definition) is 3. The molecule has 122 valence electrons. The normalized spacial score (nSPS) is 18.7. The summed E-state index contributed by atoms with van der Waals surface area (Å²) < 4.78 is 6.61. The third kappa shape index (κ3) is 4.31. The molecule has 1 aromatic carbocycles. The van der Waals surface area contributed by atoms with Gasteiger partial charge in [-0.25, -0.2) is 0 Å². The van der Waals surface area contributed by atoms with E-state index in [4.69, 9.17) is 4.74 Å². The molecule has 0 aliphatic carbocycles. The van der Waals surface area contributed by atoms with Crippen molar-refractivity contribution >= 4 is 21.8 Å². The van der Waals surface area contributed by atoms with Crippen LogP contribution in [0.15, 0.2) is 28.7 Å². The molecule has 1 aromatic rings. The number of ether oxygens (including phenoxy) is 1. The Bertz CT molecular complexity index is 501. The van der Waals surface area contributed by atoms with E-state index in [9.17, 15) is 4.79 Å². The van der Waals surface area contributed by atoms with Crippen molar-refractivity contribution in [2.24, 2.45) is 5.92 Å². The number of halogens is 1. The lowest BCUT2D eigenvalue weighted by molar-refractivity contribution is -0.124. The Kier molecular flexibility index (Phi) is 6.41. The lowest BCUT2D eigenvalue weighted by Gasteiger charge is -2.38. The molecule has 1 atom stereocenters. The molecule has 5 heteroatoms. The van der Waals surface area contributed by atoms with Gasteiger partial charge >= 0.3 is 0 Å². The van der Waals surface area contributed by atoms with E-state index in [-0.39, 0.29) is 17.2 Å². The summed E-state index contributed by atoms with van der Waals surface area (Å²) in [5, 5.41) is 6.19. The third-order valence-corrected chi connectivity index (χ3v) is 4.94. The second-order valence-electron chi connectivity index (χ2n) is 6.08. The number of benzene rings is 1. The van der Waals surface area contributed by atoms with Gasteiger partial charge in [0.2, 0.25) is 5.91 Å². The molecule has 1 aliphatic heterocycles. The van der Waals surface area contributed by atoms with Crippen LogP contribution in [0.5, 0.6) is 0 Å². The minimum atomic E-state index is -0.0307. The van der Waals surface area contributed by atoms with Gasteiger partial charge in [0.05, 0.1) is 0 Å². The Morgan fingerprint density at radius 3 is 2.77 bits per heavy atom. The second-order valence-corrected chi connectivity index (χ2v) is 7.00. The van der Waals surface area contributed by atoms with Crippen molar-refractivity contribution in [3.8, 4) is 0 Å². The van der Waals surface area contributed by atoms with Crippen LogP contribution in [0.25, 0.3) is 0 Å². The van der Waals surface area contributed by atoms with E-state index in [1.807, 2.05) is 20.0 Å². The average molecular weight is 369 g/mol. The number of carbonyl (C=O) groups excluding carboxylic acids is 1. The van der Waals surface area contributed by atoms with E-state index in [0.717, 1.165) is 30.5 Å². The second kappa shape index (κ2) is 8.09. The maximum atomic E-state index is 12.2. The van der Waals surface area contributed by atoms with E-state index in [1.54, 1.807) is 0 Å². The summed E-state index contributed by atoms with van der Waals surface area (Å²) in [5.41, 5.74) is 1.24. The highest BCUT2D eigenvalue weighted by Gasteiger charge is 2.35. The van der Waals surface area contributed by atoms with Crippen molar-refractivity contribution in [2.75, 3.05) is 33.4 Å². The Balaban J connectivity index is 2.11. The van der Waals surface area contributed by atoms with Crippen LogP contribution in [0.3, 0.4) is 0 Å². The smallest absolute Gasteiger partial charge is 0.224 e. The first-order valence-electron chi connectivity index (χ1n) is 7.83. The van der Waals surface area contributed by atoms with Gasteiger partial charge in [0.15, 0.2) is 0 Å². The van der Waals surface area contributed by atoms with E-state index >= 15 is 0 Å². The molecule has 2 N–H and O–H groups in total. The van der Waals surface area contributed by atoms with Crippen molar-refractivity contribution < 1.29 is 9.53 Å². The van der Waals surface area contributed by atoms with Crippen LogP contribution in [0.2, 0.25) is 0 Å². The van der Waals surface area contributed by atoms with Crippen LogP contribution in [0, 0.1) is 5.92 Å². The van der Waals surface area contributed by atoms with Gasteiger partial charge in [0, 0.05) is 42.1 Å². The number of nitrogens with one attached hydrogen (secondary N) is 2. The third-order valence-electron chi connectivity index (χ3n) is 4.45. The van der Waals surface area contributed by atoms with E-state index in [1.165, 1.54) is 5.56 Å². The Morgan fingerprint density at radius 1 is 1.41 bits per heavy atom. The van der Waals surface area contributed by atoms with Crippen molar-refractivity contribution in [1.82, 2.24) is 10.6 Å². The lowest BCUT2D eigenvalue weighted by atomic mass is 9.74. The van der Waals surface area contributed by atoms with Gasteiger partial charge in [-0.05, 0) is 37.6 Å². The molecule has 22 heavy (non-hydrogen) atoms. The average Bonchev–Trinajstić information content (AvgIpc) is 2.53. The first kappa shape index (κ1) is 17.4. The lowest BCUT2D eigenvalue weighted by Crippen LogP contribution is -2.46. The zero-order chi connectivity index (χ0) is 16.0. The molecule has 1 amide bonds. The molecule has 0 spiro atoms. The molecule has 0 bridgehead atoms. The molecule has 1 fully saturated rings.